The minimum Gasteiger partial charge on any atom is -0.456 e. The van der Waals surface area contributed by atoms with Gasteiger partial charge >= 0.3 is 0 Å². The number of benzene rings is 5. The molecule has 0 saturated heterocycles. The van der Waals surface area contributed by atoms with Crippen LogP contribution in [0.4, 0.5) is 17.1 Å². The SMILES string of the molecule is Cc1cccc(C)c1/N=c1/ccc2c(-c3ccccc3S(=O)(=O)O)c3ccc(Nc4c(C)cccc4C)cc3oc-2c1. The Hall–Kier alpha value is -4.72. The topological polar surface area (TPSA) is 91.9 Å². The van der Waals surface area contributed by atoms with Gasteiger partial charge in [0.15, 0.2) is 0 Å². The zero-order valence-electron chi connectivity index (χ0n) is 23.8. The highest BCUT2D eigenvalue weighted by molar-refractivity contribution is 7.86. The average molecular weight is 575 g/mol. The Morgan fingerprint density at radius 3 is 2.07 bits per heavy atom. The monoisotopic (exact) mass is 574 g/mol. The molecule has 7 heteroatoms. The van der Waals surface area contributed by atoms with Crippen LogP contribution in [0.2, 0.25) is 0 Å². The van der Waals surface area contributed by atoms with Crippen LogP contribution in [0.5, 0.6) is 0 Å². The highest BCUT2D eigenvalue weighted by Crippen LogP contribution is 2.43. The number of fused-ring (bicyclic) bond motifs is 2. The Morgan fingerprint density at radius 1 is 0.714 bits per heavy atom. The maximum absolute atomic E-state index is 12.4. The van der Waals surface area contributed by atoms with E-state index >= 15 is 0 Å². The van der Waals surface area contributed by atoms with E-state index in [0.717, 1.165) is 39.3 Å². The van der Waals surface area contributed by atoms with Crippen LogP contribution in [-0.2, 0) is 10.1 Å². The van der Waals surface area contributed by atoms with E-state index in [2.05, 4.69) is 31.3 Å². The van der Waals surface area contributed by atoms with E-state index in [4.69, 9.17) is 9.41 Å². The summed E-state index contributed by atoms with van der Waals surface area (Å²) < 4.78 is 41.5. The summed E-state index contributed by atoms with van der Waals surface area (Å²) in [5.74, 6) is 0.541. The second-order valence-corrected chi connectivity index (χ2v) is 12.0. The van der Waals surface area contributed by atoms with Crippen LogP contribution in [0.15, 0.2) is 111 Å². The van der Waals surface area contributed by atoms with Crippen molar-refractivity contribution in [3.8, 4) is 22.5 Å². The predicted molar refractivity (Wildman–Crippen MR) is 168 cm³/mol. The van der Waals surface area contributed by atoms with Gasteiger partial charge in [0.2, 0.25) is 0 Å². The fourth-order valence-corrected chi connectivity index (χ4v) is 6.18. The molecule has 0 unspecified atom stereocenters. The van der Waals surface area contributed by atoms with Gasteiger partial charge in [-0.05, 0) is 80.3 Å². The molecule has 0 radical (unpaired) electrons. The summed E-state index contributed by atoms with van der Waals surface area (Å²) in [6, 6.07) is 30.1. The van der Waals surface area contributed by atoms with Gasteiger partial charge in [0.1, 0.15) is 16.2 Å². The molecule has 2 N–H and O–H groups in total. The van der Waals surface area contributed by atoms with E-state index in [1.807, 2.05) is 74.5 Å². The molecule has 0 fully saturated rings. The van der Waals surface area contributed by atoms with E-state index in [-0.39, 0.29) is 4.90 Å². The number of para-hydroxylation sites is 2. The quantitative estimate of drug-likeness (QED) is 0.159. The summed E-state index contributed by atoms with van der Waals surface area (Å²) in [6.45, 7) is 8.17. The maximum atomic E-state index is 12.4. The first kappa shape index (κ1) is 27.4. The van der Waals surface area contributed by atoms with Gasteiger partial charge in [-0.15, -0.1) is 0 Å². The molecule has 4 aromatic carbocycles. The van der Waals surface area contributed by atoms with Gasteiger partial charge in [0, 0.05) is 45.6 Å². The number of anilines is 2. The Morgan fingerprint density at radius 2 is 1.38 bits per heavy atom. The Kier molecular flexibility index (Phi) is 6.93. The summed E-state index contributed by atoms with van der Waals surface area (Å²) in [5.41, 5.74) is 9.41. The van der Waals surface area contributed by atoms with Crippen molar-refractivity contribution in [2.75, 3.05) is 5.32 Å². The summed E-state index contributed by atoms with van der Waals surface area (Å²) in [5, 5.41) is 4.94. The van der Waals surface area contributed by atoms with Crippen LogP contribution in [0.1, 0.15) is 22.3 Å². The molecule has 0 aromatic heterocycles. The van der Waals surface area contributed by atoms with Gasteiger partial charge < -0.3 is 9.73 Å². The van der Waals surface area contributed by atoms with Crippen molar-refractivity contribution in [1.82, 2.24) is 0 Å². The largest absolute Gasteiger partial charge is 0.456 e. The minimum atomic E-state index is -4.50. The summed E-state index contributed by atoms with van der Waals surface area (Å²) in [7, 11) is -4.50. The van der Waals surface area contributed by atoms with Crippen LogP contribution in [0.3, 0.4) is 0 Å². The highest BCUT2D eigenvalue weighted by Gasteiger charge is 2.23. The van der Waals surface area contributed by atoms with Crippen molar-refractivity contribution in [3.05, 3.63) is 125 Å². The maximum Gasteiger partial charge on any atom is 0.295 e. The summed E-state index contributed by atoms with van der Waals surface area (Å²) >= 11 is 0. The molecule has 2 aliphatic rings. The van der Waals surface area contributed by atoms with Gasteiger partial charge in [0.25, 0.3) is 10.1 Å². The Labute approximate surface area is 245 Å². The van der Waals surface area contributed by atoms with Gasteiger partial charge in [-0.2, -0.15) is 8.42 Å². The first-order valence-electron chi connectivity index (χ1n) is 13.6. The van der Waals surface area contributed by atoms with E-state index in [0.29, 0.717) is 38.8 Å². The number of hydrogen-bond donors (Lipinski definition) is 2. The zero-order chi connectivity index (χ0) is 29.6. The molecule has 1 heterocycles. The highest BCUT2D eigenvalue weighted by atomic mass is 32.2. The third-order valence-electron chi connectivity index (χ3n) is 7.57. The van der Waals surface area contributed by atoms with E-state index in [1.165, 1.54) is 6.07 Å². The third kappa shape index (κ3) is 5.09. The van der Waals surface area contributed by atoms with Crippen molar-refractivity contribution < 1.29 is 17.4 Å². The molecular formula is C35H30N2O4S. The van der Waals surface area contributed by atoms with Gasteiger partial charge in [-0.25, -0.2) is 4.99 Å². The zero-order valence-corrected chi connectivity index (χ0v) is 24.6. The molecule has 0 atom stereocenters. The minimum absolute atomic E-state index is 0.166. The van der Waals surface area contributed by atoms with Crippen molar-refractivity contribution in [3.63, 3.8) is 0 Å². The fraction of sp³-hybridized carbons (Fsp3) is 0.114. The van der Waals surface area contributed by atoms with Gasteiger partial charge in [-0.3, -0.25) is 4.55 Å². The number of hydrogen-bond acceptors (Lipinski definition) is 5. The first-order valence-corrected chi connectivity index (χ1v) is 15.1. The lowest BCUT2D eigenvalue weighted by atomic mass is 9.93. The smallest absolute Gasteiger partial charge is 0.295 e. The normalized spacial score (nSPS) is 12.3. The molecule has 42 heavy (non-hydrogen) atoms. The molecule has 210 valence electrons. The molecule has 0 bridgehead atoms. The molecule has 6 rings (SSSR count). The second kappa shape index (κ2) is 10.6. The van der Waals surface area contributed by atoms with Gasteiger partial charge in [0.05, 0.1) is 11.0 Å². The molecule has 6 nitrogen and oxygen atoms in total. The molecule has 1 aliphatic carbocycles. The number of rotatable bonds is 5. The molecular weight excluding hydrogens is 544 g/mol. The van der Waals surface area contributed by atoms with Gasteiger partial charge in [-0.1, -0.05) is 54.6 Å². The first-order chi connectivity index (χ1) is 20.1. The van der Waals surface area contributed by atoms with Crippen LogP contribution in [0, 0.1) is 27.7 Å². The fourth-order valence-electron chi connectivity index (χ4n) is 5.48. The molecule has 1 aliphatic heterocycles. The van der Waals surface area contributed by atoms with Crippen LogP contribution in [-0.4, -0.2) is 13.0 Å². The Balaban J connectivity index is 1.64. The summed E-state index contributed by atoms with van der Waals surface area (Å²) in [6.07, 6.45) is 0. The lowest BCUT2D eigenvalue weighted by molar-refractivity contribution is 0.483. The Bertz CT molecular complexity index is 2110. The summed E-state index contributed by atoms with van der Waals surface area (Å²) in [4.78, 5) is 4.75. The van der Waals surface area contributed by atoms with Crippen LogP contribution >= 0.6 is 0 Å². The van der Waals surface area contributed by atoms with Crippen molar-refractivity contribution in [2.45, 2.75) is 32.6 Å². The van der Waals surface area contributed by atoms with Crippen molar-refractivity contribution >= 4 is 38.1 Å². The standard InChI is InChI=1S/C35H30N2O4S/c1-21-9-7-10-22(2)34(21)36-25-15-17-27-30(19-25)41-31-20-26(37-35-23(3)11-8-12-24(35)4)16-18-28(31)33(27)29-13-5-6-14-32(29)42(38,39)40/h5-20,36H,1-4H3,(H,38,39,40)/b37-26-. The third-order valence-corrected chi connectivity index (χ3v) is 8.48. The molecule has 0 saturated carbocycles. The number of nitrogens with zero attached hydrogens (tertiary/aromatic N) is 1. The molecule has 4 aromatic rings. The molecule has 0 amide bonds. The number of aryl methyl sites for hydroxylation is 4. The van der Waals surface area contributed by atoms with Crippen LogP contribution in [0.25, 0.3) is 33.4 Å². The average Bonchev–Trinajstić information content (AvgIpc) is 2.95. The number of nitrogens with one attached hydrogen (secondary N) is 1. The second-order valence-electron chi connectivity index (χ2n) is 10.6. The van der Waals surface area contributed by atoms with E-state index in [9.17, 15) is 13.0 Å². The van der Waals surface area contributed by atoms with Crippen LogP contribution < -0.4 is 10.7 Å². The predicted octanol–water partition coefficient (Wildman–Crippen LogP) is 8.66. The van der Waals surface area contributed by atoms with E-state index in [1.54, 1.807) is 18.2 Å². The van der Waals surface area contributed by atoms with E-state index < -0.39 is 10.1 Å². The lowest BCUT2D eigenvalue weighted by Gasteiger charge is -2.18. The van der Waals surface area contributed by atoms with Crippen molar-refractivity contribution in [1.29, 1.82) is 0 Å². The lowest BCUT2D eigenvalue weighted by Crippen LogP contribution is -2.05. The van der Waals surface area contributed by atoms with Crippen molar-refractivity contribution in [2.24, 2.45) is 4.99 Å². The molecule has 0 spiro atoms.